The summed E-state index contributed by atoms with van der Waals surface area (Å²) in [4.78, 5) is 16.1. The van der Waals surface area contributed by atoms with Crippen LogP contribution in [0.2, 0.25) is 0 Å². The Labute approximate surface area is 117 Å². The first-order valence-electron chi connectivity index (χ1n) is 6.56. The van der Waals surface area contributed by atoms with Crippen molar-refractivity contribution in [3.8, 4) is 0 Å². The number of carbonyl (C=O) groups excluding carboxylic acids is 1. The van der Waals surface area contributed by atoms with Gasteiger partial charge in [-0.3, -0.25) is 4.79 Å². The molecular weight excluding hydrogens is 262 g/mol. The van der Waals surface area contributed by atoms with Crippen LogP contribution in [0.1, 0.15) is 37.1 Å². The number of likely N-dealkylation sites (N-methyl/N-ethyl adjacent to an activating group) is 1. The molecule has 1 fully saturated rings. The van der Waals surface area contributed by atoms with Gasteiger partial charge in [-0.15, -0.1) is 0 Å². The number of nitrogens with one attached hydrogen (secondary N) is 1. The molecule has 3 N–H and O–H groups in total. The fraction of sp³-hybridized carbons (Fsp3) is 0.692. The van der Waals surface area contributed by atoms with Crippen molar-refractivity contribution in [3.05, 3.63) is 11.5 Å². The van der Waals surface area contributed by atoms with Gasteiger partial charge in [-0.05, 0) is 46.6 Å². The third-order valence-electron chi connectivity index (χ3n) is 3.93. The van der Waals surface area contributed by atoms with Gasteiger partial charge >= 0.3 is 0 Å². The van der Waals surface area contributed by atoms with Crippen molar-refractivity contribution in [2.24, 2.45) is 5.73 Å². The minimum absolute atomic E-state index is 0.264. The number of hydrogen-bond donors (Lipinski definition) is 2. The summed E-state index contributed by atoms with van der Waals surface area (Å²) >= 11 is 1.61. The molecule has 2 unspecified atom stereocenters. The molecule has 1 aromatic heterocycles. The molecule has 19 heavy (non-hydrogen) atoms. The maximum Gasteiger partial charge on any atom is 0.256 e. The van der Waals surface area contributed by atoms with E-state index < -0.39 is 5.54 Å². The van der Waals surface area contributed by atoms with Crippen molar-refractivity contribution in [1.82, 2.24) is 10.3 Å². The van der Waals surface area contributed by atoms with Gasteiger partial charge in [0.05, 0.1) is 11.2 Å². The lowest BCUT2D eigenvalue weighted by Crippen LogP contribution is -2.57. The number of primary amides is 1. The molecular formula is C13H21N3O2S. The highest BCUT2D eigenvalue weighted by atomic mass is 32.2. The number of nitrogens with zero attached hydrogens (tertiary/aromatic N) is 1. The maximum absolute atomic E-state index is 11.7. The molecule has 0 aromatic carbocycles. The number of rotatable bonds is 4. The molecule has 1 aliphatic rings. The van der Waals surface area contributed by atoms with E-state index in [0.29, 0.717) is 10.5 Å². The first kappa shape index (κ1) is 14.4. The number of hydrogen-bond acceptors (Lipinski definition) is 5. The molecule has 0 bridgehead atoms. The highest BCUT2D eigenvalue weighted by Crippen LogP contribution is 2.38. The molecule has 1 amide bonds. The van der Waals surface area contributed by atoms with Crippen LogP contribution in [0.5, 0.6) is 0 Å². The molecule has 0 aliphatic heterocycles. The molecule has 5 nitrogen and oxygen atoms in total. The van der Waals surface area contributed by atoms with E-state index in [4.69, 9.17) is 10.2 Å². The molecule has 6 heteroatoms. The zero-order valence-electron chi connectivity index (χ0n) is 11.7. The Balaban J connectivity index is 2.07. The topological polar surface area (TPSA) is 81.1 Å². The molecule has 0 saturated heterocycles. The minimum atomic E-state index is -0.577. The third kappa shape index (κ3) is 2.95. The van der Waals surface area contributed by atoms with Crippen LogP contribution < -0.4 is 11.1 Å². The third-order valence-corrected chi connectivity index (χ3v) is 5.04. The van der Waals surface area contributed by atoms with Crippen molar-refractivity contribution in [2.45, 2.75) is 55.5 Å². The predicted molar refractivity (Wildman–Crippen MR) is 75.1 cm³/mol. The summed E-state index contributed by atoms with van der Waals surface area (Å²) in [5.41, 5.74) is 5.89. The van der Waals surface area contributed by atoms with E-state index in [9.17, 15) is 4.79 Å². The summed E-state index contributed by atoms with van der Waals surface area (Å²) in [5.74, 6) is 0.591. The first-order chi connectivity index (χ1) is 8.97. The number of aryl methyl sites for hydroxylation is 2. The molecule has 0 radical (unpaired) electrons. The largest absolute Gasteiger partial charge is 0.437 e. The molecule has 1 aliphatic carbocycles. The van der Waals surface area contributed by atoms with Crippen molar-refractivity contribution >= 4 is 17.7 Å². The fourth-order valence-corrected chi connectivity index (χ4v) is 3.84. The van der Waals surface area contributed by atoms with E-state index in [1.54, 1.807) is 18.8 Å². The van der Waals surface area contributed by atoms with Crippen LogP contribution in [0.15, 0.2) is 9.64 Å². The molecule has 1 aromatic rings. The number of oxazole rings is 1. The molecule has 2 rings (SSSR count). The average Bonchev–Trinajstić information content (AvgIpc) is 2.68. The van der Waals surface area contributed by atoms with Gasteiger partial charge in [0.25, 0.3) is 5.22 Å². The maximum atomic E-state index is 11.7. The lowest BCUT2D eigenvalue weighted by atomic mass is 9.81. The van der Waals surface area contributed by atoms with E-state index in [-0.39, 0.29) is 5.91 Å². The first-order valence-corrected chi connectivity index (χ1v) is 7.44. The van der Waals surface area contributed by atoms with Gasteiger partial charge < -0.3 is 15.5 Å². The number of amides is 1. The van der Waals surface area contributed by atoms with E-state index in [1.165, 1.54) is 0 Å². The van der Waals surface area contributed by atoms with Crippen molar-refractivity contribution in [2.75, 3.05) is 7.05 Å². The smallest absolute Gasteiger partial charge is 0.256 e. The number of carbonyl (C=O) groups is 1. The molecule has 2 atom stereocenters. The van der Waals surface area contributed by atoms with Crippen LogP contribution in [0.3, 0.4) is 0 Å². The van der Waals surface area contributed by atoms with E-state index in [0.717, 1.165) is 37.1 Å². The van der Waals surface area contributed by atoms with Crippen LogP contribution in [0.25, 0.3) is 0 Å². The monoisotopic (exact) mass is 283 g/mol. The zero-order valence-corrected chi connectivity index (χ0v) is 12.5. The summed E-state index contributed by atoms with van der Waals surface area (Å²) in [6.07, 6.45) is 3.57. The number of thioether (sulfide) groups is 1. The highest BCUT2D eigenvalue weighted by molar-refractivity contribution is 7.99. The molecule has 0 spiro atoms. The van der Waals surface area contributed by atoms with Crippen molar-refractivity contribution < 1.29 is 9.21 Å². The quantitative estimate of drug-likeness (QED) is 0.880. The molecule has 1 heterocycles. The zero-order chi connectivity index (χ0) is 14.0. The van der Waals surface area contributed by atoms with Crippen LogP contribution in [-0.2, 0) is 4.79 Å². The van der Waals surface area contributed by atoms with Gasteiger partial charge in [0.1, 0.15) is 5.76 Å². The van der Waals surface area contributed by atoms with Gasteiger partial charge in [0.2, 0.25) is 5.91 Å². The normalized spacial score (nSPS) is 27.4. The Kier molecular flexibility index (Phi) is 4.20. The van der Waals surface area contributed by atoms with Gasteiger partial charge in [0, 0.05) is 5.25 Å². The summed E-state index contributed by atoms with van der Waals surface area (Å²) in [6.45, 7) is 3.85. The summed E-state index contributed by atoms with van der Waals surface area (Å²) in [5, 5.41) is 4.11. The van der Waals surface area contributed by atoms with Crippen molar-refractivity contribution in [3.63, 3.8) is 0 Å². The summed E-state index contributed by atoms with van der Waals surface area (Å²) in [7, 11) is 1.80. The Hall–Kier alpha value is -1.01. The van der Waals surface area contributed by atoms with E-state index in [2.05, 4.69) is 10.3 Å². The van der Waals surface area contributed by atoms with Gasteiger partial charge in [0.15, 0.2) is 0 Å². The van der Waals surface area contributed by atoms with Gasteiger partial charge in [-0.25, -0.2) is 4.98 Å². The second kappa shape index (κ2) is 5.54. The Morgan fingerprint density at radius 3 is 2.84 bits per heavy atom. The van der Waals surface area contributed by atoms with Crippen LogP contribution in [0, 0.1) is 13.8 Å². The van der Waals surface area contributed by atoms with Gasteiger partial charge in [-0.1, -0.05) is 11.8 Å². The predicted octanol–water partition coefficient (Wildman–Crippen LogP) is 1.77. The highest BCUT2D eigenvalue weighted by Gasteiger charge is 2.40. The lowest BCUT2D eigenvalue weighted by molar-refractivity contribution is -0.125. The standard InChI is InChI=1S/C13H21N3O2S/c1-8-9(2)18-12(16-8)19-10-5-4-6-13(7-10,15-3)11(14)17/h10,15H,4-7H2,1-3H3,(H2,14,17). The fourth-order valence-electron chi connectivity index (χ4n) is 2.54. The van der Waals surface area contributed by atoms with Crippen molar-refractivity contribution in [1.29, 1.82) is 0 Å². The van der Waals surface area contributed by atoms with Crippen LogP contribution >= 0.6 is 11.8 Å². The Bertz CT molecular complexity index is 455. The van der Waals surface area contributed by atoms with Crippen LogP contribution in [0.4, 0.5) is 0 Å². The second-order valence-electron chi connectivity index (χ2n) is 5.15. The Morgan fingerprint density at radius 1 is 1.58 bits per heavy atom. The minimum Gasteiger partial charge on any atom is -0.437 e. The number of nitrogens with two attached hydrogens (primary N) is 1. The second-order valence-corrected chi connectivity index (χ2v) is 6.41. The average molecular weight is 283 g/mol. The Morgan fingerprint density at radius 2 is 2.32 bits per heavy atom. The SMILES string of the molecule is CNC1(C(N)=O)CCCC(Sc2nc(C)c(C)o2)C1. The van der Waals surface area contributed by atoms with Crippen LogP contribution in [-0.4, -0.2) is 28.7 Å². The summed E-state index contributed by atoms with van der Waals surface area (Å²) < 4.78 is 5.59. The molecule has 1 saturated carbocycles. The lowest BCUT2D eigenvalue weighted by Gasteiger charge is -2.37. The number of aromatic nitrogens is 1. The van der Waals surface area contributed by atoms with Gasteiger partial charge in [-0.2, -0.15) is 0 Å². The summed E-state index contributed by atoms with van der Waals surface area (Å²) in [6, 6.07) is 0. The molecule has 106 valence electrons. The van der Waals surface area contributed by atoms with E-state index >= 15 is 0 Å². The van der Waals surface area contributed by atoms with E-state index in [1.807, 2.05) is 13.8 Å².